The van der Waals surface area contributed by atoms with Gasteiger partial charge in [-0.2, -0.15) is 0 Å². The van der Waals surface area contributed by atoms with Crippen molar-refractivity contribution < 1.29 is 13.2 Å². The Bertz CT molecular complexity index is 403. The second-order valence-electron chi connectivity index (χ2n) is 4.42. The fraction of sp³-hybridized carbons (Fsp3) is 0.500. The summed E-state index contributed by atoms with van der Waals surface area (Å²) >= 11 is 0. The highest BCUT2D eigenvalue weighted by Gasteiger charge is 2.20. The van der Waals surface area contributed by atoms with Gasteiger partial charge in [0.05, 0.1) is 0 Å². The maximum atomic E-state index is 13.4. The third-order valence-corrected chi connectivity index (χ3v) is 3.17. The van der Waals surface area contributed by atoms with Crippen molar-refractivity contribution in [3.8, 4) is 0 Å². The van der Waals surface area contributed by atoms with E-state index in [4.69, 9.17) is 0 Å². The first-order valence-electron chi connectivity index (χ1n) is 5.62. The first-order valence-corrected chi connectivity index (χ1v) is 5.62. The Kier molecular flexibility index (Phi) is 3.69. The molecule has 5 heteroatoms. The minimum Gasteiger partial charge on any atom is -0.315 e. The first kappa shape index (κ1) is 12.4. The van der Waals surface area contributed by atoms with Crippen molar-refractivity contribution in [3.05, 3.63) is 35.1 Å². The van der Waals surface area contributed by atoms with Crippen LogP contribution in [0.15, 0.2) is 12.1 Å². The zero-order valence-corrected chi connectivity index (χ0v) is 9.64. The molecule has 1 aliphatic heterocycles. The van der Waals surface area contributed by atoms with E-state index in [1.54, 1.807) is 0 Å². The quantitative estimate of drug-likeness (QED) is 0.817. The number of nitrogens with one attached hydrogen (secondary N) is 1. The van der Waals surface area contributed by atoms with Crippen molar-refractivity contribution in [2.45, 2.75) is 19.0 Å². The first-order chi connectivity index (χ1) is 8.08. The van der Waals surface area contributed by atoms with Gasteiger partial charge in [-0.05, 0) is 26.1 Å². The molecule has 2 rings (SSSR count). The molecule has 1 atom stereocenters. The third kappa shape index (κ3) is 2.79. The van der Waals surface area contributed by atoms with Crippen molar-refractivity contribution in [1.82, 2.24) is 10.2 Å². The number of hydrogen-bond acceptors (Lipinski definition) is 2. The summed E-state index contributed by atoms with van der Waals surface area (Å²) in [4.78, 5) is 1.95. The normalized spacial score (nSPS) is 20.2. The van der Waals surface area contributed by atoms with Crippen LogP contribution < -0.4 is 5.32 Å². The zero-order valence-electron chi connectivity index (χ0n) is 9.64. The molecular weight excluding hydrogens is 229 g/mol. The SMILES string of the molecule is CN(Cc1cc(F)c(F)cc1F)C1CCNC1. The van der Waals surface area contributed by atoms with E-state index in [1.165, 1.54) is 0 Å². The summed E-state index contributed by atoms with van der Waals surface area (Å²) in [5.74, 6) is -2.84. The van der Waals surface area contributed by atoms with Gasteiger partial charge in [-0.3, -0.25) is 4.90 Å². The molecule has 0 radical (unpaired) electrons. The van der Waals surface area contributed by atoms with Gasteiger partial charge in [0.25, 0.3) is 0 Å². The van der Waals surface area contributed by atoms with E-state index in [9.17, 15) is 13.2 Å². The predicted molar refractivity (Wildman–Crippen MR) is 59.1 cm³/mol. The molecule has 0 aromatic heterocycles. The van der Waals surface area contributed by atoms with Crippen LogP contribution >= 0.6 is 0 Å². The molecule has 2 nitrogen and oxygen atoms in total. The number of hydrogen-bond donors (Lipinski definition) is 1. The summed E-state index contributed by atoms with van der Waals surface area (Å²) in [5.41, 5.74) is 0.193. The van der Waals surface area contributed by atoms with Gasteiger partial charge in [0.1, 0.15) is 5.82 Å². The molecule has 0 spiro atoms. The van der Waals surface area contributed by atoms with E-state index in [1.807, 2.05) is 11.9 Å². The Balaban J connectivity index is 2.09. The maximum Gasteiger partial charge on any atom is 0.161 e. The van der Waals surface area contributed by atoms with Crippen LogP contribution in [0.4, 0.5) is 13.2 Å². The average molecular weight is 244 g/mol. The molecule has 1 N–H and O–H groups in total. The van der Waals surface area contributed by atoms with E-state index in [-0.39, 0.29) is 12.1 Å². The van der Waals surface area contributed by atoms with Crippen LogP contribution in [-0.4, -0.2) is 31.1 Å². The lowest BCUT2D eigenvalue weighted by atomic mass is 10.1. The van der Waals surface area contributed by atoms with Crippen molar-refractivity contribution in [2.75, 3.05) is 20.1 Å². The van der Waals surface area contributed by atoms with Gasteiger partial charge >= 0.3 is 0 Å². The van der Waals surface area contributed by atoms with Crippen LogP contribution in [0.25, 0.3) is 0 Å². The average Bonchev–Trinajstić information content (AvgIpc) is 2.79. The van der Waals surface area contributed by atoms with E-state index < -0.39 is 17.5 Å². The lowest BCUT2D eigenvalue weighted by molar-refractivity contribution is 0.245. The molecule has 0 amide bonds. The highest BCUT2D eigenvalue weighted by molar-refractivity contribution is 5.20. The van der Waals surface area contributed by atoms with Gasteiger partial charge in [-0.1, -0.05) is 0 Å². The van der Waals surface area contributed by atoms with Crippen LogP contribution in [0.5, 0.6) is 0 Å². The van der Waals surface area contributed by atoms with Gasteiger partial charge in [0.15, 0.2) is 11.6 Å². The van der Waals surface area contributed by atoms with Crippen LogP contribution in [-0.2, 0) is 6.54 Å². The van der Waals surface area contributed by atoms with Crippen LogP contribution in [0.2, 0.25) is 0 Å². The molecule has 0 saturated carbocycles. The van der Waals surface area contributed by atoms with E-state index in [0.717, 1.165) is 25.6 Å². The van der Waals surface area contributed by atoms with Gasteiger partial charge in [0.2, 0.25) is 0 Å². The largest absolute Gasteiger partial charge is 0.315 e. The predicted octanol–water partition coefficient (Wildman–Crippen LogP) is 1.90. The Morgan fingerprint density at radius 3 is 2.59 bits per heavy atom. The highest BCUT2D eigenvalue weighted by Crippen LogP contribution is 2.17. The smallest absolute Gasteiger partial charge is 0.161 e. The molecule has 0 bridgehead atoms. The fourth-order valence-electron chi connectivity index (χ4n) is 2.10. The summed E-state index contributed by atoms with van der Waals surface area (Å²) < 4.78 is 39.2. The van der Waals surface area contributed by atoms with E-state index >= 15 is 0 Å². The summed E-state index contributed by atoms with van der Waals surface area (Å²) in [6.07, 6.45) is 0.988. The summed E-state index contributed by atoms with van der Waals surface area (Å²) in [6.45, 7) is 2.08. The lowest BCUT2D eigenvalue weighted by Crippen LogP contribution is -2.33. The number of likely N-dealkylation sites (N-methyl/N-ethyl adjacent to an activating group) is 1. The highest BCUT2D eigenvalue weighted by atomic mass is 19.2. The van der Waals surface area contributed by atoms with E-state index in [0.29, 0.717) is 12.1 Å². The minimum atomic E-state index is -1.14. The van der Waals surface area contributed by atoms with E-state index in [2.05, 4.69) is 5.32 Å². The number of rotatable bonds is 3. The molecule has 0 aliphatic carbocycles. The molecule has 1 saturated heterocycles. The lowest BCUT2D eigenvalue weighted by Gasteiger charge is -2.23. The molecule has 1 aromatic carbocycles. The molecule has 94 valence electrons. The molecule has 17 heavy (non-hydrogen) atoms. The monoisotopic (exact) mass is 244 g/mol. The zero-order chi connectivity index (χ0) is 12.4. The summed E-state index contributed by atoms with van der Waals surface area (Å²) in [6, 6.07) is 1.86. The molecule has 1 fully saturated rings. The fourth-order valence-corrected chi connectivity index (χ4v) is 2.10. The molecule has 1 unspecified atom stereocenters. The number of halogens is 3. The third-order valence-electron chi connectivity index (χ3n) is 3.17. The number of nitrogens with zero attached hydrogens (tertiary/aromatic N) is 1. The van der Waals surface area contributed by atoms with Crippen molar-refractivity contribution in [2.24, 2.45) is 0 Å². The Hall–Kier alpha value is -1.07. The van der Waals surface area contributed by atoms with Gasteiger partial charge in [-0.25, -0.2) is 13.2 Å². The van der Waals surface area contributed by atoms with Crippen LogP contribution in [0.1, 0.15) is 12.0 Å². The van der Waals surface area contributed by atoms with Crippen molar-refractivity contribution in [1.29, 1.82) is 0 Å². The van der Waals surface area contributed by atoms with Crippen LogP contribution in [0.3, 0.4) is 0 Å². The van der Waals surface area contributed by atoms with Gasteiger partial charge in [0, 0.05) is 30.8 Å². The standard InChI is InChI=1S/C12H15F3N2/c1-17(9-2-3-16-6-9)7-8-4-11(14)12(15)5-10(8)13/h4-5,9,16H,2-3,6-7H2,1H3. The minimum absolute atomic E-state index is 0.193. The molecule has 1 aliphatic rings. The summed E-state index contributed by atoms with van der Waals surface area (Å²) in [5, 5.41) is 3.20. The summed E-state index contributed by atoms with van der Waals surface area (Å²) in [7, 11) is 1.86. The Labute approximate surface area is 98.4 Å². The molecular formula is C12H15F3N2. The topological polar surface area (TPSA) is 15.3 Å². The van der Waals surface area contributed by atoms with Gasteiger partial charge in [-0.15, -0.1) is 0 Å². The van der Waals surface area contributed by atoms with Crippen LogP contribution in [0, 0.1) is 17.5 Å². The van der Waals surface area contributed by atoms with Crippen molar-refractivity contribution in [3.63, 3.8) is 0 Å². The number of benzene rings is 1. The van der Waals surface area contributed by atoms with Gasteiger partial charge < -0.3 is 5.32 Å². The molecule has 1 aromatic rings. The molecule has 1 heterocycles. The second-order valence-corrected chi connectivity index (χ2v) is 4.42. The second kappa shape index (κ2) is 5.06. The Morgan fingerprint density at radius 2 is 1.94 bits per heavy atom. The Morgan fingerprint density at radius 1 is 1.24 bits per heavy atom. The maximum absolute atomic E-state index is 13.4. The van der Waals surface area contributed by atoms with Crippen molar-refractivity contribution >= 4 is 0 Å².